The molecule has 0 unspecified atom stereocenters. The van der Waals surface area contributed by atoms with Gasteiger partial charge in [-0.2, -0.15) is 0 Å². The molecule has 2 saturated heterocycles. The van der Waals surface area contributed by atoms with Gasteiger partial charge in [-0.05, 0) is 54.9 Å². The molecular weight excluding hydrogens is 408 g/mol. The zero-order valence-corrected chi connectivity index (χ0v) is 18.0. The van der Waals surface area contributed by atoms with E-state index in [1.54, 1.807) is 36.8 Å². The lowest BCUT2D eigenvalue weighted by Crippen LogP contribution is -2.51. The van der Waals surface area contributed by atoms with Crippen LogP contribution in [0.25, 0.3) is 11.1 Å². The van der Waals surface area contributed by atoms with Crippen LogP contribution in [0.5, 0.6) is 0 Å². The summed E-state index contributed by atoms with van der Waals surface area (Å²) in [6.45, 7) is 6.52. The van der Waals surface area contributed by atoms with Gasteiger partial charge in [-0.1, -0.05) is 24.3 Å². The Hall–Kier alpha value is -2.90. The van der Waals surface area contributed by atoms with E-state index < -0.39 is 0 Å². The molecule has 0 saturated carbocycles. The molecule has 0 aliphatic carbocycles. The first kappa shape index (κ1) is 21.0. The van der Waals surface area contributed by atoms with Gasteiger partial charge >= 0.3 is 0 Å². The lowest BCUT2D eigenvalue weighted by molar-refractivity contribution is 0.0964. The maximum atomic E-state index is 14.0. The molecule has 0 amide bonds. The minimum absolute atomic E-state index is 0.176. The van der Waals surface area contributed by atoms with Gasteiger partial charge in [0.15, 0.2) is 0 Å². The highest BCUT2D eigenvalue weighted by Crippen LogP contribution is 2.31. The predicted octanol–water partition coefficient (Wildman–Crippen LogP) is 3.99. The van der Waals surface area contributed by atoms with Crippen molar-refractivity contribution in [3.05, 3.63) is 78.3 Å². The van der Waals surface area contributed by atoms with Crippen molar-refractivity contribution in [1.29, 1.82) is 0 Å². The number of hydrogen-bond donors (Lipinski definition) is 0. The Labute approximate surface area is 187 Å². The fraction of sp³-hybridized carbons (Fsp3) is 0.360. The molecule has 0 bridgehead atoms. The molecule has 1 atom stereocenters. The van der Waals surface area contributed by atoms with Crippen LogP contribution in [-0.4, -0.2) is 65.6 Å². The predicted molar refractivity (Wildman–Crippen MR) is 121 cm³/mol. The van der Waals surface area contributed by atoms with Gasteiger partial charge in [-0.25, -0.2) is 18.7 Å². The summed E-state index contributed by atoms with van der Waals surface area (Å²) in [6.07, 6.45) is 4.60. The lowest BCUT2D eigenvalue weighted by atomic mass is 10.0. The fourth-order valence-corrected chi connectivity index (χ4v) is 4.61. The van der Waals surface area contributed by atoms with Gasteiger partial charge in [0.05, 0.1) is 0 Å². The van der Waals surface area contributed by atoms with Crippen LogP contribution in [-0.2, 0) is 0 Å². The third kappa shape index (κ3) is 4.49. The summed E-state index contributed by atoms with van der Waals surface area (Å²) in [5.41, 5.74) is 2.85. The number of piperazine rings is 1. The quantitative estimate of drug-likeness (QED) is 0.585. The van der Waals surface area contributed by atoms with Crippen LogP contribution in [0, 0.1) is 11.6 Å². The summed E-state index contributed by atoms with van der Waals surface area (Å²) in [4.78, 5) is 15.9. The fourth-order valence-electron chi connectivity index (χ4n) is 4.61. The Morgan fingerprint density at radius 3 is 2.34 bits per heavy atom. The van der Waals surface area contributed by atoms with Crippen molar-refractivity contribution in [1.82, 2.24) is 19.8 Å². The Kier molecular flexibility index (Phi) is 6.10. The summed E-state index contributed by atoms with van der Waals surface area (Å²) in [6, 6.07) is 13.7. The maximum Gasteiger partial charge on any atom is 0.139 e. The Morgan fingerprint density at radius 2 is 1.66 bits per heavy atom. The zero-order chi connectivity index (χ0) is 21.9. The normalized spacial score (nSPS) is 18.4. The van der Waals surface area contributed by atoms with E-state index >= 15 is 0 Å². The molecule has 3 aromatic rings. The summed E-state index contributed by atoms with van der Waals surface area (Å²) in [5.74, 6) is 0.433. The molecule has 5 rings (SSSR count). The number of rotatable bonds is 6. The molecule has 3 heterocycles. The highest BCUT2D eigenvalue weighted by atomic mass is 19.1. The number of anilines is 1. The zero-order valence-electron chi connectivity index (χ0n) is 18.0. The standard InChI is InChI=1S/C25H27F2N5/c26-21-7-5-19(6-8-21)23-16-28-18-29-25(23)32-13-11-31(12-14-32)24(17-30-9-2-10-30)20-3-1-4-22(27)15-20/h1,3-8,15-16,18,24H,2,9-14,17H2/t24-/m0/s1. The first-order chi connectivity index (χ1) is 15.7. The van der Waals surface area contributed by atoms with Gasteiger partial charge in [0, 0.05) is 50.5 Å². The first-order valence-corrected chi connectivity index (χ1v) is 11.2. The largest absolute Gasteiger partial charge is 0.353 e. The molecule has 32 heavy (non-hydrogen) atoms. The smallest absolute Gasteiger partial charge is 0.139 e. The number of nitrogens with zero attached hydrogens (tertiary/aromatic N) is 5. The molecule has 2 aromatic carbocycles. The minimum atomic E-state index is -0.258. The van der Waals surface area contributed by atoms with E-state index in [2.05, 4.69) is 24.7 Å². The van der Waals surface area contributed by atoms with Crippen molar-refractivity contribution >= 4 is 5.82 Å². The van der Waals surface area contributed by atoms with E-state index in [0.29, 0.717) is 0 Å². The lowest BCUT2D eigenvalue weighted by Gasteiger charge is -2.43. The first-order valence-electron chi connectivity index (χ1n) is 11.2. The third-order valence-electron chi connectivity index (χ3n) is 6.51. The minimum Gasteiger partial charge on any atom is -0.353 e. The van der Waals surface area contributed by atoms with E-state index in [1.165, 1.54) is 24.6 Å². The third-order valence-corrected chi connectivity index (χ3v) is 6.51. The second-order valence-corrected chi connectivity index (χ2v) is 8.51. The highest BCUT2D eigenvalue weighted by molar-refractivity contribution is 5.75. The summed E-state index contributed by atoms with van der Waals surface area (Å²) in [5, 5.41) is 0. The highest BCUT2D eigenvalue weighted by Gasteiger charge is 2.29. The van der Waals surface area contributed by atoms with Gasteiger partial charge in [-0.3, -0.25) is 4.90 Å². The molecule has 1 aromatic heterocycles. The Bertz CT molecular complexity index is 1050. The van der Waals surface area contributed by atoms with E-state index in [1.807, 2.05) is 6.07 Å². The van der Waals surface area contributed by atoms with Crippen molar-refractivity contribution in [2.24, 2.45) is 0 Å². The van der Waals surface area contributed by atoms with Crippen LogP contribution in [0.15, 0.2) is 61.1 Å². The van der Waals surface area contributed by atoms with Crippen molar-refractivity contribution in [3.63, 3.8) is 0 Å². The number of benzene rings is 2. The van der Waals surface area contributed by atoms with Crippen molar-refractivity contribution in [3.8, 4) is 11.1 Å². The van der Waals surface area contributed by atoms with Crippen molar-refractivity contribution in [2.75, 3.05) is 50.7 Å². The average molecular weight is 436 g/mol. The molecule has 2 aliphatic rings. The van der Waals surface area contributed by atoms with E-state index in [0.717, 1.165) is 68.3 Å². The van der Waals surface area contributed by atoms with Crippen LogP contribution in [0.4, 0.5) is 14.6 Å². The van der Waals surface area contributed by atoms with E-state index in [9.17, 15) is 8.78 Å². The van der Waals surface area contributed by atoms with Crippen LogP contribution in [0.3, 0.4) is 0 Å². The Balaban J connectivity index is 1.33. The molecule has 2 aliphatic heterocycles. The number of halogens is 2. The second-order valence-electron chi connectivity index (χ2n) is 8.51. The number of aromatic nitrogens is 2. The summed E-state index contributed by atoms with van der Waals surface area (Å²) >= 11 is 0. The molecule has 0 radical (unpaired) electrons. The van der Waals surface area contributed by atoms with Crippen LogP contribution >= 0.6 is 0 Å². The van der Waals surface area contributed by atoms with Crippen LogP contribution < -0.4 is 4.90 Å². The molecule has 0 spiro atoms. The summed E-state index contributed by atoms with van der Waals surface area (Å²) < 4.78 is 27.4. The monoisotopic (exact) mass is 435 g/mol. The molecular formula is C25H27F2N5. The number of likely N-dealkylation sites (tertiary alicyclic amines) is 1. The molecule has 5 nitrogen and oxygen atoms in total. The molecule has 0 N–H and O–H groups in total. The molecule has 2 fully saturated rings. The van der Waals surface area contributed by atoms with Gasteiger partial charge < -0.3 is 9.80 Å². The second kappa shape index (κ2) is 9.30. The topological polar surface area (TPSA) is 35.5 Å². The number of hydrogen-bond acceptors (Lipinski definition) is 5. The van der Waals surface area contributed by atoms with Crippen LogP contribution in [0.1, 0.15) is 18.0 Å². The van der Waals surface area contributed by atoms with Crippen molar-refractivity contribution < 1.29 is 8.78 Å². The van der Waals surface area contributed by atoms with Gasteiger partial charge in [0.1, 0.15) is 23.8 Å². The molecule has 7 heteroatoms. The average Bonchev–Trinajstić information content (AvgIpc) is 2.79. The van der Waals surface area contributed by atoms with E-state index in [-0.39, 0.29) is 17.7 Å². The van der Waals surface area contributed by atoms with E-state index in [4.69, 9.17) is 0 Å². The maximum absolute atomic E-state index is 14.0. The van der Waals surface area contributed by atoms with Crippen molar-refractivity contribution in [2.45, 2.75) is 12.5 Å². The van der Waals surface area contributed by atoms with Gasteiger partial charge in [-0.15, -0.1) is 0 Å². The summed E-state index contributed by atoms with van der Waals surface area (Å²) in [7, 11) is 0. The Morgan fingerprint density at radius 1 is 0.875 bits per heavy atom. The van der Waals surface area contributed by atoms with Gasteiger partial charge in [0.25, 0.3) is 0 Å². The van der Waals surface area contributed by atoms with Gasteiger partial charge in [0.2, 0.25) is 0 Å². The van der Waals surface area contributed by atoms with Crippen LogP contribution in [0.2, 0.25) is 0 Å². The molecule has 166 valence electrons. The SMILES string of the molecule is Fc1ccc(-c2cncnc2N2CCN([C@@H](CN3CCC3)c3cccc(F)c3)CC2)cc1.